The Labute approximate surface area is 164 Å². The number of nitrogens with zero attached hydrogens (tertiary/aromatic N) is 4. The first-order chi connectivity index (χ1) is 12.2. The van der Waals surface area contributed by atoms with Gasteiger partial charge in [0.2, 0.25) is 0 Å². The van der Waals surface area contributed by atoms with Crippen molar-refractivity contribution < 1.29 is 0 Å². The fourth-order valence-corrected chi connectivity index (χ4v) is 3.57. The number of anilines is 1. The zero-order chi connectivity index (χ0) is 18.9. The third-order valence-electron chi connectivity index (χ3n) is 4.69. The predicted octanol–water partition coefficient (Wildman–Crippen LogP) is 5.10. The lowest BCUT2D eigenvalue weighted by molar-refractivity contribution is 0.570. The summed E-state index contributed by atoms with van der Waals surface area (Å²) in [5, 5.41) is 4.25. The molecule has 2 aromatic heterocycles. The average molecular weight is 415 g/mol. The van der Waals surface area contributed by atoms with Crippen molar-refractivity contribution in [3.05, 3.63) is 58.3 Å². The lowest BCUT2D eigenvalue weighted by atomic mass is 9.86. The number of aromatic nitrogens is 3. The van der Waals surface area contributed by atoms with Gasteiger partial charge in [0.15, 0.2) is 5.65 Å². The Morgan fingerprint density at radius 3 is 2.50 bits per heavy atom. The number of halogens is 1. The smallest absolute Gasteiger partial charge is 0.171 e. The van der Waals surface area contributed by atoms with Gasteiger partial charge in [-0.25, -0.2) is 9.50 Å². The molecular formula is C21H27BrN4. The van der Waals surface area contributed by atoms with Crippen molar-refractivity contribution in [2.75, 3.05) is 18.5 Å². The van der Waals surface area contributed by atoms with E-state index in [-0.39, 0.29) is 5.41 Å². The van der Waals surface area contributed by atoms with Crippen molar-refractivity contribution in [3.63, 3.8) is 0 Å². The van der Waals surface area contributed by atoms with Crippen LogP contribution in [-0.4, -0.2) is 28.2 Å². The molecule has 5 heteroatoms. The fraction of sp³-hybridized carbons (Fsp3) is 0.429. The maximum atomic E-state index is 4.71. The van der Waals surface area contributed by atoms with E-state index in [1.165, 1.54) is 11.1 Å². The molecule has 1 aromatic carbocycles. The Balaban J connectivity index is 1.64. The first kappa shape index (κ1) is 18.9. The Morgan fingerprint density at radius 1 is 1.15 bits per heavy atom. The van der Waals surface area contributed by atoms with Gasteiger partial charge < -0.3 is 4.90 Å². The largest absolute Gasteiger partial charge is 0.359 e. The van der Waals surface area contributed by atoms with E-state index < -0.39 is 0 Å². The standard InChI is InChI=1S/C21H27BrN4/c1-15(12-16-6-8-17(9-7-16)21(2,3)4)14-25(5)19-10-11-26-20(24-19)18(22)13-23-26/h6-11,13,15H,12,14H2,1-5H3. The quantitative estimate of drug-likeness (QED) is 0.581. The van der Waals surface area contributed by atoms with E-state index in [0.29, 0.717) is 5.92 Å². The lowest BCUT2D eigenvalue weighted by Gasteiger charge is -2.23. The molecular weight excluding hydrogens is 388 g/mol. The van der Waals surface area contributed by atoms with Crippen LogP contribution in [0.15, 0.2) is 47.2 Å². The molecule has 3 rings (SSSR count). The maximum absolute atomic E-state index is 4.71. The van der Waals surface area contributed by atoms with Crippen LogP contribution >= 0.6 is 15.9 Å². The van der Waals surface area contributed by atoms with Crippen LogP contribution in [-0.2, 0) is 11.8 Å². The monoisotopic (exact) mass is 414 g/mol. The van der Waals surface area contributed by atoms with E-state index in [0.717, 1.165) is 28.9 Å². The van der Waals surface area contributed by atoms with Crippen LogP contribution < -0.4 is 4.90 Å². The van der Waals surface area contributed by atoms with Gasteiger partial charge in [0.05, 0.1) is 10.7 Å². The zero-order valence-corrected chi connectivity index (χ0v) is 17.8. The van der Waals surface area contributed by atoms with Crippen molar-refractivity contribution >= 4 is 27.4 Å². The minimum absolute atomic E-state index is 0.205. The van der Waals surface area contributed by atoms with E-state index in [1.807, 2.05) is 12.3 Å². The zero-order valence-electron chi connectivity index (χ0n) is 16.2. The van der Waals surface area contributed by atoms with Gasteiger partial charge in [0.1, 0.15) is 5.82 Å². The molecule has 0 radical (unpaired) electrons. The number of rotatable bonds is 5. The molecule has 0 aliphatic carbocycles. The van der Waals surface area contributed by atoms with Crippen molar-refractivity contribution in [2.24, 2.45) is 5.92 Å². The summed E-state index contributed by atoms with van der Waals surface area (Å²) < 4.78 is 2.70. The van der Waals surface area contributed by atoms with Crippen LogP contribution in [0.3, 0.4) is 0 Å². The first-order valence-corrected chi connectivity index (χ1v) is 9.84. The maximum Gasteiger partial charge on any atom is 0.171 e. The van der Waals surface area contributed by atoms with Crippen molar-refractivity contribution in [2.45, 2.75) is 39.5 Å². The third-order valence-corrected chi connectivity index (χ3v) is 5.25. The molecule has 0 aliphatic heterocycles. The minimum atomic E-state index is 0.205. The Bertz CT molecular complexity index is 877. The topological polar surface area (TPSA) is 33.4 Å². The molecule has 0 fully saturated rings. The Morgan fingerprint density at radius 2 is 1.85 bits per heavy atom. The van der Waals surface area contributed by atoms with Crippen LogP contribution in [0.1, 0.15) is 38.8 Å². The fourth-order valence-electron chi connectivity index (χ4n) is 3.21. The van der Waals surface area contributed by atoms with E-state index in [2.05, 4.69) is 84.9 Å². The molecule has 26 heavy (non-hydrogen) atoms. The molecule has 0 saturated carbocycles. The van der Waals surface area contributed by atoms with Gasteiger partial charge in [-0.3, -0.25) is 0 Å². The Hall–Kier alpha value is -1.88. The van der Waals surface area contributed by atoms with Gasteiger partial charge in [-0.15, -0.1) is 0 Å². The normalized spacial score (nSPS) is 13.2. The molecule has 2 heterocycles. The second-order valence-electron chi connectivity index (χ2n) is 8.18. The SMILES string of the molecule is CC(Cc1ccc(C(C)(C)C)cc1)CN(C)c1ccn2ncc(Br)c2n1. The van der Waals surface area contributed by atoms with E-state index >= 15 is 0 Å². The first-order valence-electron chi connectivity index (χ1n) is 9.04. The summed E-state index contributed by atoms with van der Waals surface area (Å²) in [4.78, 5) is 6.93. The van der Waals surface area contributed by atoms with Crippen molar-refractivity contribution in [1.29, 1.82) is 0 Å². The molecule has 3 aromatic rings. The summed E-state index contributed by atoms with van der Waals surface area (Å²) in [5.74, 6) is 1.50. The molecule has 138 valence electrons. The van der Waals surface area contributed by atoms with Crippen molar-refractivity contribution in [1.82, 2.24) is 14.6 Å². The van der Waals surface area contributed by atoms with Crippen LogP contribution in [0.2, 0.25) is 0 Å². The Kier molecular flexibility index (Phi) is 5.37. The summed E-state index contributed by atoms with van der Waals surface area (Å²) >= 11 is 3.50. The molecule has 1 atom stereocenters. The number of hydrogen-bond acceptors (Lipinski definition) is 3. The second kappa shape index (κ2) is 7.39. The molecule has 0 saturated heterocycles. The molecule has 0 aliphatic rings. The summed E-state index contributed by atoms with van der Waals surface area (Å²) in [5.41, 5.74) is 3.83. The van der Waals surface area contributed by atoms with Crippen LogP contribution in [0.5, 0.6) is 0 Å². The molecule has 4 nitrogen and oxygen atoms in total. The van der Waals surface area contributed by atoms with Crippen molar-refractivity contribution in [3.8, 4) is 0 Å². The molecule has 0 bridgehead atoms. The van der Waals surface area contributed by atoms with Crippen LogP contribution in [0.4, 0.5) is 5.82 Å². The third kappa shape index (κ3) is 4.26. The summed E-state index contributed by atoms with van der Waals surface area (Å²) in [6, 6.07) is 11.1. The summed E-state index contributed by atoms with van der Waals surface area (Å²) in [6.07, 6.45) is 4.79. The lowest BCUT2D eigenvalue weighted by Crippen LogP contribution is -2.26. The van der Waals surface area contributed by atoms with Gasteiger partial charge >= 0.3 is 0 Å². The molecule has 0 N–H and O–H groups in total. The molecule has 0 amide bonds. The minimum Gasteiger partial charge on any atom is -0.359 e. The van der Waals surface area contributed by atoms with Crippen LogP contribution in [0.25, 0.3) is 5.65 Å². The van der Waals surface area contributed by atoms with Gasteiger partial charge in [-0.1, -0.05) is 52.0 Å². The van der Waals surface area contributed by atoms with Gasteiger partial charge in [0, 0.05) is 19.8 Å². The highest BCUT2D eigenvalue weighted by molar-refractivity contribution is 9.10. The van der Waals surface area contributed by atoms with Gasteiger partial charge in [0.25, 0.3) is 0 Å². The van der Waals surface area contributed by atoms with Crippen LogP contribution in [0, 0.1) is 5.92 Å². The number of benzene rings is 1. The highest BCUT2D eigenvalue weighted by atomic mass is 79.9. The highest BCUT2D eigenvalue weighted by Crippen LogP contribution is 2.23. The van der Waals surface area contributed by atoms with E-state index in [1.54, 1.807) is 10.7 Å². The van der Waals surface area contributed by atoms with Gasteiger partial charge in [-0.2, -0.15) is 5.10 Å². The average Bonchev–Trinajstić information content (AvgIpc) is 2.95. The molecule has 0 spiro atoms. The molecule has 1 unspecified atom stereocenters. The number of hydrogen-bond donors (Lipinski definition) is 0. The summed E-state index contributed by atoms with van der Waals surface area (Å²) in [6.45, 7) is 10.0. The number of fused-ring (bicyclic) bond motifs is 1. The van der Waals surface area contributed by atoms with Gasteiger partial charge in [-0.05, 0) is 50.9 Å². The predicted molar refractivity (Wildman–Crippen MR) is 112 cm³/mol. The van der Waals surface area contributed by atoms with E-state index in [9.17, 15) is 0 Å². The summed E-state index contributed by atoms with van der Waals surface area (Å²) in [7, 11) is 2.10. The second-order valence-corrected chi connectivity index (χ2v) is 9.04. The highest BCUT2D eigenvalue weighted by Gasteiger charge is 2.14. The van der Waals surface area contributed by atoms with E-state index in [4.69, 9.17) is 4.98 Å².